The number of hydrogen-bond acceptors (Lipinski definition) is 3. The van der Waals surface area contributed by atoms with Gasteiger partial charge in [0.25, 0.3) is 0 Å². The van der Waals surface area contributed by atoms with Gasteiger partial charge >= 0.3 is 6.09 Å². The van der Waals surface area contributed by atoms with E-state index in [9.17, 15) is 4.79 Å². The minimum absolute atomic E-state index is 0.0138. The van der Waals surface area contributed by atoms with Crippen molar-refractivity contribution in [2.24, 2.45) is 5.73 Å². The van der Waals surface area contributed by atoms with E-state index in [1.165, 1.54) is 0 Å². The summed E-state index contributed by atoms with van der Waals surface area (Å²) in [5.74, 6) is 0. The van der Waals surface area contributed by atoms with Gasteiger partial charge in [-0.1, -0.05) is 12.1 Å². The van der Waals surface area contributed by atoms with E-state index in [0.717, 1.165) is 16.6 Å². The molecule has 1 unspecified atom stereocenters. The van der Waals surface area contributed by atoms with Crippen LogP contribution in [-0.4, -0.2) is 25.3 Å². The molecule has 1 aromatic carbocycles. The molecular formula is C11H13BrN2O2. The quantitative estimate of drug-likeness (QED) is 0.905. The van der Waals surface area contributed by atoms with Crippen LogP contribution in [0.1, 0.15) is 6.42 Å². The summed E-state index contributed by atoms with van der Waals surface area (Å²) >= 11 is 3.43. The number of carbonyl (C=O) groups excluding carboxylic acids is 1. The van der Waals surface area contributed by atoms with Gasteiger partial charge in [0.2, 0.25) is 0 Å². The standard InChI is InChI=1S/C11H13BrN2O2/c12-9-3-1-2-4-10(9)14-8(7-13)5-6-16-11(14)15/h1-4,8H,5-7,13H2. The number of nitrogens with two attached hydrogens (primary N) is 1. The first kappa shape index (κ1) is 11.4. The van der Waals surface area contributed by atoms with Crippen LogP contribution < -0.4 is 10.6 Å². The minimum Gasteiger partial charge on any atom is -0.449 e. The van der Waals surface area contributed by atoms with Gasteiger partial charge in [-0.3, -0.25) is 4.90 Å². The molecule has 1 heterocycles. The van der Waals surface area contributed by atoms with Gasteiger partial charge < -0.3 is 10.5 Å². The highest BCUT2D eigenvalue weighted by Gasteiger charge is 2.30. The van der Waals surface area contributed by atoms with Crippen molar-refractivity contribution in [1.82, 2.24) is 0 Å². The predicted molar refractivity (Wildman–Crippen MR) is 65.4 cm³/mol. The van der Waals surface area contributed by atoms with Crippen LogP contribution in [0.15, 0.2) is 28.7 Å². The Morgan fingerprint density at radius 1 is 1.50 bits per heavy atom. The topological polar surface area (TPSA) is 55.6 Å². The lowest BCUT2D eigenvalue weighted by molar-refractivity contribution is 0.130. The van der Waals surface area contributed by atoms with Crippen molar-refractivity contribution in [3.63, 3.8) is 0 Å². The van der Waals surface area contributed by atoms with Gasteiger partial charge in [0, 0.05) is 17.4 Å². The summed E-state index contributed by atoms with van der Waals surface area (Å²) in [4.78, 5) is 13.4. The van der Waals surface area contributed by atoms with Crippen LogP contribution in [0, 0.1) is 0 Å². The lowest BCUT2D eigenvalue weighted by Gasteiger charge is -2.34. The SMILES string of the molecule is NCC1CCOC(=O)N1c1ccccc1Br. The zero-order valence-corrected chi connectivity index (χ0v) is 10.3. The Balaban J connectivity index is 2.36. The highest BCUT2D eigenvalue weighted by molar-refractivity contribution is 9.10. The average molecular weight is 285 g/mol. The van der Waals surface area contributed by atoms with Crippen LogP contribution in [0.5, 0.6) is 0 Å². The number of anilines is 1. The number of carbonyl (C=O) groups is 1. The lowest BCUT2D eigenvalue weighted by Crippen LogP contribution is -2.49. The second-order valence-corrected chi connectivity index (χ2v) is 4.47. The second kappa shape index (κ2) is 4.84. The molecule has 1 atom stereocenters. The summed E-state index contributed by atoms with van der Waals surface area (Å²) in [6.07, 6.45) is 0.442. The maximum Gasteiger partial charge on any atom is 0.414 e. The number of benzene rings is 1. The molecule has 0 radical (unpaired) electrons. The van der Waals surface area contributed by atoms with E-state index in [2.05, 4.69) is 15.9 Å². The molecule has 86 valence electrons. The van der Waals surface area contributed by atoms with E-state index < -0.39 is 0 Å². The number of halogens is 1. The van der Waals surface area contributed by atoms with Gasteiger partial charge in [-0.25, -0.2) is 4.79 Å². The Morgan fingerprint density at radius 2 is 2.25 bits per heavy atom. The van der Waals surface area contributed by atoms with Gasteiger partial charge in [-0.2, -0.15) is 0 Å². The Kier molecular flexibility index (Phi) is 3.46. The molecule has 1 aliphatic heterocycles. The van der Waals surface area contributed by atoms with Gasteiger partial charge in [0.05, 0.1) is 18.3 Å². The van der Waals surface area contributed by atoms with Crippen LogP contribution in [0.2, 0.25) is 0 Å². The summed E-state index contributed by atoms with van der Waals surface area (Å²) in [6.45, 7) is 0.887. The second-order valence-electron chi connectivity index (χ2n) is 3.61. The maximum atomic E-state index is 11.7. The van der Waals surface area contributed by atoms with E-state index in [-0.39, 0.29) is 12.1 Å². The van der Waals surface area contributed by atoms with Crippen molar-refractivity contribution in [1.29, 1.82) is 0 Å². The molecule has 16 heavy (non-hydrogen) atoms. The number of rotatable bonds is 2. The Hall–Kier alpha value is -1.07. The van der Waals surface area contributed by atoms with Crippen molar-refractivity contribution in [3.05, 3.63) is 28.7 Å². The van der Waals surface area contributed by atoms with Gasteiger partial charge in [-0.05, 0) is 28.1 Å². The molecule has 0 spiro atoms. The van der Waals surface area contributed by atoms with E-state index in [0.29, 0.717) is 13.2 Å². The molecule has 1 fully saturated rings. The average Bonchev–Trinajstić information content (AvgIpc) is 2.30. The maximum absolute atomic E-state index is 11.7. The first-order valence-electron chi connectivity index (χ1n) is 5.14. The number of para-hydroxylation sites is 1. The van der Waals surface area contributed by atoms with Crippen LogP contribution in [-0.2, 0) is 4.74 Å². The highest BCUT2D eigenvalue weighted by atomic mass is 79.9. The molecule has 0 aliphatic carbocycles. The first-order valence-corrected chi connectivity index (χ1v) is 5.94. The fourth-order valence-corrected chi connectivity index (χ4v) is 2.27. The number of amides is 1. The van der Waals surface area contributed by atoms with Gasteiger partial charge in [0.15, 0.2) is 0 Å². The van der Waals surface area contributed by atoms with Gasteiger partial charge in [0.1, 0.15) is 0 Å². The number of nitrogens with zero attached hydrogens (tertiary/aromatic N) is 1. The fraction of sp³-hybridized carbons (Fsp3) is 0.364. The summed E-state index contributed by atoms with van der Waals surface area (Å²) in [6, 6.07) is 7.57. The van der Waals surface area contributed by atoms with Crippen molar-refractivity contribution in [2.45, 2.75) is 12.5 Å². The van der Waals surface area contributed by atoms with Crippen LogP contribution in [0.4, 0.5) is 10.5 Å². The van der Waals surface area contributed by atoms with E-state index in [4.69, 9.17) is 10.5 Å². The number of cyclic esters (lactones) is 1. The van der Waals surface area contributed by atoms with Crippen LogP contribution in [0.3, 0.4) is 0 Å². The molecule has 1 saturated heterocycles. The van der Waals surface area contributed by atoms with Crippen LogP contribution in [0.25, 0.3) is 0 Å². The Morgan fingerprint density at radius 3 is 2.94 bits per heavy atom. The largest absolute Gasteiger partial charge is 0.449 e. The summed E-state index contributed by atoms with van der Waals surface area (Å²) in [7, 11) is 0. The number of hydrogen-bond donors (Lipinski definition) is 1. The van der Waals surface area contributed by atoms with Crippen molar-refractivity contribution in [2.75, 3.05) is 18.1 Å². The molecule has 0 saturated carbocycles. The highest BCUT2D eigenvalue weighted by Crippen LogP contribution is 2.30. The van der Waals surface area contributed by atoms with E-state index >= 15 is 0 Å². The first-order chi connectivity index (χ1) is 7.74. The monoisotopic (exact) mass is 284 g/mol. The Labute approximate surface area is 102 Å². The molecule has 4 nitrogen and oxygen atoms in total. The summed E-state index contributed by atoms with van der Waals surface area (Å²) < 4.78 is 5.91. The third-order valence-electron chi connectivity index (χ3n) is 2.62. The zero-order chi connectivity index (χ0) is 11.5. The predicted octanol–water partition coefficient (Wildman–Crippen LogP) is 2.12. The van der Waals surface area contributed by atoms with Crippen LogP contribution >= 0.6 is 15.9 Å². The van der Waals surface area contributed by atoms with Crippen molar-refractivity contribution < 1.29 is 9.53 Å². The Bertz CT molecular complexity index is 397. The summed E-state index contributed by atoms with van der Waals surface area (Å²) in [5.41, 5.74) is 6.49. The zero-order valence-electron chi connectivity index (χ0n) is 8.73. The molecule has 1 amide bonds. The van der Waals surface area contributed by atoms with Crippen molar-refractivity contribution in [3.8, 4) is 0 Å². The smallest absolute Gasteiger partial charge is 0.414 e. The molecule has 0 bridgehead atoms. The minimum atomic E-state index is -0.325. The molecule has 1 aromatic rings. The van der Waals surface area contributed by atoms with E-state index in [1.807, 2.05) is 24.3 Å². The molecule has 1 aliphatic rings. The molecule has 0 aromatic heterocycles. The lowest BCUT2D eigenvalue weighted by atomic mass is 10.1. The third kappa shape index (κ3) is 2.05. The molecule has 2 rings (SSSR count). The van der Waals surface area contributed by atoms with Crippen molar-refractivity contribution >= 4 is 27.7 Å². The van der Waals surface area contributed by atoms with E-state index in [1.54, 1.807) is 4.90 Å². The molecule has 2 N–H and O–H groups in total. The third-order valence-corrected chi connectivity index (χ3v) is 3.29. The van der Waals surface area contributed by atoms with Gasteiger partial charge in [-0.15, -0.1) is 0 Å². The number of ether oxygens (including phenoxy) is 1. The normalized spacial score (nSPS) is 20.8. The molecular weight excluding hydrogens is 272 g/mol. The fourth-order valence-electron chi connectivity index (χ4n) is 1.80. The summed E-state index contributed by atoms with van der Waals surface area (Å²) in [5, 5.41) is 0. The molecule has 5 heteroatoms.